The topological polar surface area (TPSA) is 57.2 Å². The van der Waals surface area contributed by atoms with Gasteiger partial charge in [-0.25, -0.2) is 8.42 Å². The summed E-state index contributed by atoms with van der Waals surface area (Å²) in [7, 11) is -6.65. The molecule has 0 amide bonds. The first kappa shape index (κ1) is 24.8. The molecule has 3 aromatic rings. The summed E-state index contributed by atoms with van der Waals surface area (Å²) in [5, 5.41) is 0. The maximum absolute atomic E-state index is 13.0. The van der Waals surface area contributed by atoms with Crippen molar-refractivity contribution in [2.24, 2.45) is 0 Å². The largest absolute Gasteiger partial charge is 0.741 e. The Bertz CT molecular complexity index is 1040. The van der Waals surface area contributed by atoms with Gasteiger partial charge in [0.1, 0.15) is 0 Å². The van der Waals surface area contributed by atoms with Crippen molar-refractivity contribution in [2.45, 2.75) is 26.4 Å². The number of benzene rings is 3. The van der Waals surface area contributed by atoms with Gasteiger partial charge in [-0.2, -0.15) is 26.3 Å². The van der Waals surface area contributed by atoms with Crippen LogP contribution in [-0.2, 0) is 27.2 Å². The lowest BCUT2D eigenvalue weighted by Gasteiger charge is -2.10. The summed E-state index contributed by atoms with van der Waals surface area (Å²) in [5.74, 6) is 0. The molecular weight excluding hydrogens is 466 g/mol. The maximum atomic E-state index is 13.0. The Morgan fingerprint density at radius 2 is 1.03 bits per heavy atom. The van der Waals surface area contributed by atoms with Gasteiger partial charge in [-0.15, -0.1) is 0 Å². The van der Waals surface area contributed by atoms with Crippen LogP contribution in [0.4, 0.5) is 26.3 Å². The van der Waals surface area contributed by atoms with Crippen molar-refractivity contribution < 1.29 is 39.3 Å². The predicted molar refractivity (Wildman–Crippen MR) is 102 cm³/mol. The lowest BCUT2D eigenvalue weighted by Crippen LogP contribution is -2.21. The van der Waals surface area contributed by atoms with Crippen molar-refractivity contribution in [3.63, 3.8) is 0 Å². The summed E-state index contributed by atoms with van der Waals surface area (Å²) in [4.78, 5) is 2.66. The van der Waals surface area contributed by atoms with Gasteiger partial charge in [-0.05, 0) is 36.4 Å². The van der Waals surface area contributed by atoms with Crippen molar-refractivity contribution in [1.82, 2.24) is 0 Å². The minimum Gasteiger partial charge on any atom is -0.741 e. The van der Waals surface area contributed by atoms with Crippen molar-refractivity contribution in [3.05, 3.63) is 90.5 Å². The third kappa shape index (κ3) is 7.01. The Morgan fingerprint density at radius 1 is 0.645 bits per heavy atom. The van der Waals surface area contributed by atoms with E-state index in [4.69, 9.17) is 13.0 Å². The summed E-state index contributed by atoms with van der Waals surface area (Å²) < 4.78 is 98.0. The highest BCUT2D eigenvalue weighted by Crippen LogP contribution is 2.35. The molecule has 166 valence electrons. The van der Waals surface area contributed by atoms with Gasteiger partial charge in [0.2, 0.25) is 0 Å². The SMILES string of the molecule is FC(F)(F)c1cccc([S+](c2ccccc2)c2ccccc2)c1.O=S(=O)([O-])C(F)(F)F. The van der Waals surface area contributed by atoms with Gasteiger partial charge >= 0.3 is 11.7 Å². The van der Waals surface area contributed by atoms with Gasteiger partial charge in [-0.3, -0.25) is 0 Å². The lowest BCUT2D eigenvalue weighted by atomic mass is 10.2. The van der Waals surface area contributed by atoms with Gasteiger partial charge in [0, 0.05) is 6.07 Å². The van der Waals surface area contributed by atoms with E-state index in [0.29, 0.717) is 4.90 Å². The summed E-state index contributed by atoms with van der Waals surface area (Å²) in [6.45, 7) is 0. The van der Waals surface area contributed by atoms with E-state index >= 15 is 0 Å². The summed E-state index contributed by atoms with van der Waals surface area (Å²) >= 11 is 0. The van der Waals surface area contributed by atoms with E-state index in [1.807, 2.05) is 60.7 Å². The van der Waals surface area contributed by atoms with Crippen LogP contribution in [0.1, 0.15) is 5.56 Å². The van der Waals surface area contributed by atoms with E-state index in [-0.39, 0.29) is 0 Å². The van der Waals surface area contributed by atoms with Crippen LogP contribution in [0.15, 0.2) is 99.6 Å². The van der Waals surface area contributed by atoms with Gasteiger partial charge in [-0.1, -0.05) is 42.5 Å². The van der Waals surface area contributed by atoms with Crippen LogP contribution >= 0.6 is 0 Å². The minimum absolute atomic E-state index is 0.560. The second-order valence-corrected chi connectivity index (χ2v) is 9.26. The average Bonchev–Trinajstić information content (AvgIpc) is 2.68. The van der Waals surface area contributed by atoms with Crippen molar-refractivity contribution >= 4 is 21.0 Å². The molecule has 0 N–H and O–H groups in total. The monoisotopic (exact) mass is 480 g/mol. The van der Waals surface area contributed by atoms with Crippen molar-refractivity contribution in [1.29, 1.82) is 0 Å². The number of halogens is 6. The Labute approximate surface area is 177 Å². The van der Waals surface area contributed by atoms with E-state index in [0.717, 1.165) is 15.9 Å². The molecule has 0 aliphatic heterocycles. The zero-order valence-electron chi connectivity index (χ0n) is 15.4. The quantitative estimate of drug-likeness (QED) is 0.205. The van der Waals surface area contributed by atoms with E-state index in [1.165, 1.54) is 12.1 Å². The molecule has 0 atom stereocenters. The smallest absolute Gasteiger partial charge is 0.485 e. The molecule has 0 aromatic heterocycles. The maximum Gasteiger partial charge on any atom is 0.485 e. The van der Waals surface area contributed by atoms with Gasteiger partial charge in [0.05, 0.1) is 16.5 Å². The molecule has 0 saturated carbocycles. The fourth-order valence-corrected chi connectivity index (χ4v) is 4.46. The first-order valence-corrected chi connectivity index (χ1v) is 11.0. The molecule has 0 bridgehead atoms. The molecule has 0 fully saturated rings. The molecule has 31 heavy (non-hydrogen) atoms. The second kappa shape index (κ2) is 9.75. The molecule has 3 aromatic carbocycles. The van der Waals surface area contributed by atoms with Crippen LogP contribution in [0.2, 0.25) is 0 Å². The van der Waals surface area contributed by atoms with Crippen LogP contribution in [0, 0.1) is 0 Å². The van der Waals surface area contributed by atoms with Crippen molar-refractivity contribution in [3.8, 4) is 0 Å². The third-order valence-corrected chi connectivity index (χ3v) is 6.42. The molecule has 0 aliphatic carbocycles. The van der Waals surface area contributed by atoms with Gasteiger partial charge in [0.25, 0.3) is 0 Å². The molecule has 0 aliphatic rings. The highest BCUT2D eigenvalue weighted by molar-refractivity contribution is 7.97. The number of rotatable bonds is 3. The second-order valence-electron chi connectivity index (χ2n) is 5.86. The Balaban J connectivity index is 0.000000366. The first-order chi connectivity index (χ1) is 14.3. The molecule has 3 rings (SSSR count). The zero-order valence-corrected chi connectivity index (χ0v) is 17.0. The Morgan fingerprint density at radius 3 is 1.39 bits per heavy atom. The van der Waals surface area contributed by atoms with Crippen LogP contribution in [-0.4, -0.2) is 18.5 Å². The van der Waals surface area contributed by atoms with Crippen LogP contribution < -0.4 is 0 Å². The number of hydrogen-bond donors (Lipinski definition) is 0. The Kier molecular flexibility index (Phi) is 7.79. The van der Waals surface area contributed by atoms with E-state index < -0.39 is 38.3 Å². The van der Waals surface area contributed by atoms with Crippen LogP contribution in [0.3, 0.4) is 0 Å². The third-order valence-electron chi connectivity index (χ3n) is 3.64. The average molecular weight is 480 g/mol. The molecule has 0 radical (unpaired) electrons. The fourth-order valence-electron chi connectivity index (χ4n) is 2.32. The molecule has 0 unspecified atom stereocenters. The lowest BCUT2D eigenvalue weighted by molar-refractivity contribution is -0.137. The molecule has 0 spiro atoms. The molecular formula is C20H14F6O3S2. The highest BCUT2D eigenvalue weighted by Gasteiger charge is 2.37. The molecule has 11 heteroatoms. The standard InChI is InChI=1S/C19H14F3S.CHF3O3S/c20-19(21,22)15-8-7-13-18(14-15)23(16-9-3-1-4-10-16)17-11-5-2-6-12-17;2-1(3,4)8(5,6)7/h1-14H;(H,5,6,7)/q+1;/p-1. The van der Waals surface area contributed by atoms with Crippen LogP contribution in [0.25, 0.3) is 0 Å². The predicted octanol–water partition coefficient (Wildman–Crippen LogP) is 5.85. The number of alkyl halides is 6. The van der Waals surface area contributed by atoms with E-state index in [2.05, 4.69) is 0 Å². The normalized spacial score (nSPS) is 12.3. The number of hydrogen-bond acceptors (Lipinski definition) is 3. The molecule has 0 saturated heterocycles. The van der Waals surface area contributed by atoms with Crippen molar-refractivity contribution in [2.75, 3.05) is 0 Å². The fraction of sp³-hybridized carbons (Fsp3) is 0.100. The van der Waals surface area contributed by atoms with E-state index in [1.54, 1.807) is 6.07 Å². The Hall–Kier alpha value is -2.50. The molecule has 0 heterocycles. The molecule has 3 nitrogen and oxygen atoms in total. The summed E-state index contributed by atoms with van der Waals surface area (Å²) in [5.41, 5.74) is -6.26. The van der Waals surface area contributed by atoms with Gasteiger partial charge < -0.3 is 4.55 Å². The summed E-state index contributed by atoms with van der Waals surface area (Å²) in [6.07, 6.45) is -4.33. The first-order valence-electron chi connectivity index (χ1n) is 8.34. The summed E-state index contributed by atoms with van der Waals surface area (Å²) in [6, 6.07) is 24.9. The van der Waals surface area contributed by atoms with E-state index in [9.17, 15) is 26.3 Å². The van der Waals surface area contributed by atoms with Gasteiger partial charge in [0.15, 0.2) is 24.8 Å². The zero-order chi connectivity index (χ0) is 23.3. The minimum atomic E-state index is -6.09. The van der Waals surface area contributed by atoms with Crippen LogP contribution in [0.5, 0.6) is 0 Å². The highest BCUT2D eigenvalue weighted by atomic mass is 32.2.